The van der Waals surface area contributed by atoms with Gasteiger partial charge in [-0.15, -0.1) is 11.7 Å². The van der Waals surface area contributed by atoms with Crippen molar-refractivity contribution in [3.63, 3.8) is 0 Å². The van der Waals surface area contributed by atoms with Crippen molar-refractivity contribution in [1.82, 2.24) is 15.0 Å². The molecule has 0 aliphatic carbocycles. The van der Waals surface area contributed by atoms with E-state index in [1.807, 2.05) is 37.3 Å². The molecule has 0 bridgehead atoms. The molecule has 20 heavy (non-hydrogen) atoms. The molecular formula is C15H15N3O2. The minimum Gasteiger partial charge on any atom is -0.476 e. The van der Waals surface area contributed by atoms with Gasteiger partial charge in [-0.1, -0.05) is 47.2 Å². The zero-order valence-electron chi connectivity index (χ0n) is 11.2. The smallest absolute Gasteiger partial charge is 0.358 e. The van der Waals surface area contributed by atoms with Gasteiger partial charge in [0.05, 0.1) is 12.2 Å². The Labute approximate surface area is 116 Å². The summed E-state index contributed by atoms with van der Waals surface area (Å²) in [5, 5.41) is 16.6. The molecule has 0 saturated carbocycles. The van der Waals surface area contributed by atoms with Crippen molar-refractivity contribution in [3.8, 4) is 0 Å². The van der Waals surface area contributed by atoms with Crippen LogP contribution in [0.3, 0.4) is 0 Å². The van der Waals surface area contributed by atoms with Gasteiger partial charge in [0.2, 0.25) is 0 Å². The SMILES string of the molecule is C=CCn1nnc(C(=O)O)c1/C=C/c1ccc(C)cc1. The number of aromatic carboxylic acids is 1. The molecule has 1 heterocycles. The second-order valence-electron chi connectivity index (χ2n) is 4.34. The third-order valence-corrected chi connectivity index (χ3v) is 2.79. The van der Waals surface area contributed by atoms with Crippen LogP contribution in [0.2, 0.25) is 0 Å². The minimum absolute atomic E-state index is 0.0600. The number of carboxylic acid groups (broad SMARTS) is 1. The van der Waals surface area contributed by atoms with E-state index in [4.69, 9.17) is 5.11 Å². The summed E-state index contributed by atoms with van der Waals surface area (Å²) in [4.78, 5) is 11.1. The molecule has 0 amide bonds. The van der Waals surface area contributed by atoms with E-state index in [1.165, 1.54) is 10.2 Å². The third-order valence-electron chi connectivity index (χ3n) is 2.79. The largest absolute Gasteiger partial charge is 0.476 e. The van der Waals surface area contributed by atoms with E-state index in [-0.39, 0.29) is 5.69 Å². The topological polar surface area (TPSA) is 68.0 Å². The molecule has 0 saturated heterocycles. The predicted molar refractivity (Wildman–Crippen MR) is 77.3 cm³/mol. The molecule has 1 aromatic carbocycles. The quantitative estimate of drug-likeness (QED) is 0.847. The summed E-state index contributed by atoms with van der Waals surface area (Å²) >= 11 is 0. The lowest BCUT2D eigenvalue weighted by molar-refractivity contribution is 0.0690. The number of aromatic nitrogens is 3. The molecule has 0 spiro atoms. The van der Waals surface area contributed by atoms with E-state index in [0.29, 0.717) is 12.2 Å². The van der Waals surface area contributed by atoms with Crippen LogP contribution < -0.4 is 0 Å². The number of hydrogen-bond donors (Lipinski definition) is 1. The Morgan fingerprint density at radius 1 is 1.35 bits per heavy atom. The van der Waals surface area contributed by atoms with Gasteiger partial charge in [-0.3, -0.25) is 0 Å². The number of benzene rings is 1. The maximum atomic E-state index is 11.1. The molecule has 0 fully saturated rings. The number of nitrogens with zero attached hydrogens (tertiary/aromatic N) is 3. The van der Waals surface area contributed by atoms with E-state index in [2.05, 4.69) is 16.9 Å². The first-order valence-electron chi connectivity index (χ1n) is 6.14. The van der Waals surface area contributed by atoms with Crippen LogP contribution in [0, 0.1) is 6.92 Å². The molecule has 1 N–H and O–H groups in total. The molecule has 2 rings (SSSR count). The lowest BCUT2D eigenvalue weighted by Crippen LogP contribution is -2.03. The number of carboxylic acids is 1. The second-order valence-corrected chi connectivity index (χ2v) is 4.34. The van der Waals surface area contributed by atoms with E-state index < -0.39 is 5.97 Å². The van der Waals surface area contributed by atoms with Crippen LogP contribution in [0.1, 0.15) is 27.3 Å². The monoisotopic (exact) mass is 269 g/mol. The van der Waals surface area contributed by atoms with Crippen LogP contribution in [0.15, 0.2) is 36.9 Å². The normalized spacial score (nSPS) is 10.8. The van der Waals surface area contributed by atoms with Gasteiger partial charge in [0.15, 0.2) is 5.69 Å². The van der Waals surface area contributed by atoms with Crippen molar-refractivity contribution in [2.75, 3.05) is 0 Å². The average molecular weight is 269 g/mol. The van der Waals surface area contributed by atoms with E-state index >= 15 is 0 Å². The zero-order chi connectivity index (χ0) is 14.5. The molecule has 5 heteroatoms. The number of carbonyl (C=O) groups is 1. The Kier molecular flexibility index (Phi) is 4.10. The van der Waals surface area contributed by atoms with Gasteiger partial charge in [-0.05, 0) is 18.6 Å². The number of aryl methyl sites for hydroxylation is 1. The summed E-state index contributed by atoms with van der Waals surface area (Å²) in [5.74, 6) is -1.09. The molecule has 0 aliphatic rings. The Morgan fingerprint density at radius 2 is 2.05 bits per heavy atom. The van der Waals surface area contributed by atoms with Crippen LogP contribution in [-0.2, 0) is 6.54 Å². The fourth-order valence-electron chi connectivity index (χ4n) is 1.75. The van der Waals surface area contributed by atoms with E-state index in [0.717, 1.165) is 5.56 Å². The fourth-order valence-corrected chi connectivity index (χ4v) is 1.75. The van der Waals surface area contributed by atoms with E-state index in [9.17, 15) is 4.79 Å². The molecule has 0 aliphatic heterocycles. The molecule has 0 radical (unpaired) electrons. The number of hydrogen-bond acceptors (Lipinski definition) is 3. The summed E-state index contributed by atoms with van der Waals surface area (Å²) in [6, 6.07) is 7.93. The minimum atomic E-state index is -1.09. The van der Waals surface area contributed by atoms with E-state index in [1.54, 1.807) is 12.2 Å². The molecule has 1 aromatic heterocycles. The van der Waals surface area contributed by atoms with Gasteiger partial charge in [0, 0.05) is 0 Å². The van der Waals surface area contributed by atoms with Gasteiger partial charge in [-0.2, -0.15) is 0 Å². The highest BCUT2D eigenvalue weighted by molar-refractivity contribution is 5.90. The standard InChI is InChI=1S/C15H15N3O2/c1-3-10-18-13(14(15(19)20)16-17-18)9-8-12-6-4-11(2)5-7-12/h3-9H,1,10H2,2H3,(H,19,20)/b9-8+. The van der Waals surface area contributed by atoms with Crippen LogP contribution in [0.5, 0.6) is 0 Å². The fraction of sp³-hybridized carbons (Fsp3) is 0.133. The highest BCUT2D eigenvalue weighted by Gasteiger charge is 2.15. The molecule has 102 valence electrons. The molecule has 2 aromatic rings. The molecule has 0 unspecified atom stereocenters. The second kappa shape index (κ2) is 5.97. The highest BCUT2D eigenvalue weighted by Crippen LogP contribution is 2.12. The summed E-state index contributed by atoms with van der Waals surface area (Å²) in [6.07, 6.45) is 5.19. The van der Waals surface area contributed by atoms with Crippen molar-refractivity contribution >= 4 is 18.1 Å². The van der Waals surface area contributed by atoms with Gasteiger partial charge >= 0.3 is 5.97 Å². The predicted octanol–water partition coefficient (Wildman–Crippen LogP) is 2.64. The van der Waals surface area contributed by atoms with Crippen molar-refractivity contribution in [3.05, 3.63) is 59.4 Å². The molecule has 0 atom stereocenters. The summed E-state index contributed by atoms with van der Waals surface area (Å²) < 4.78 is 1.50. The maximum absolute atomic E-state index is 11.1. The first-order chi connectivity index (χ1) is 9.61. The molecular weight excluding hydrogens is 254 g/mol. The van der Waals surface area contributed by atoms with Crippen molar-refractivity contribution < 1.29 is 9.90 Å². The van der Waals surface area contributed by atoms with Crippen molar-refractivity contribution in [2.45, 2.75) is 13.5 Å². The van der Waals surface area contributed by atoms with Crippen molar-refractivity contribution in [1.29, 1.82) is 0 Å². The van der Waals surface area contributed by atoms with Crippen LogP contribution >= 0.6 is 0 Å². The zero-order valence-corrected chi connectivity index (χ0v) is 11.2. The van der Waals surface area contributed by atoms with Crippen molar-refractivity contribution in [2.24, 2.45) is 0 Å². The average Bonchev–Trinajstić information content (AvgIpc) is 2.82. The highest BCUT2D eigenvalue weighted by atomic mass is 16.4. The van der Waals surface area contributed by atoms with Crippen LogP contribution in [-0.4, -0.2) is 26.1 Å². The molecule has 5 nitrogen and oxygen atoms in total. The van der Waals surface area contributed by atoms with Gasteiger partial charge in [-0.25, -0.2) is 9.48 Å². The first kappa shape index (κ1) is 13.7. The summed E-state index contributed by atoms with van der Waals surface area (Å²) in [7, 11) is 0. The van der Waals surface area contributed by atoms with Gasteiger partial charge in [0.25, 0.3) is 0 Å². The third kappa shape index (κ3) is 3.00. The Bertz CT molecular complexity index is 654. The Balaban J connectivity index is 2.35. The first-order valence-corrected chi connectivity index (χ1v) is 6.14. The van der Waals surface area contributed by atoms with Gasteiger partial charge in [0.1, 0.15) is 0 Å². The summed E-state index contributed by atoms with van der Waals surface area (Å²) in [6.45, 7) is 6.04. The van der Waals surface area contributed by atoms with Gasteiger partial charge < -0.3 is 5.11 Å². The summed E-state index contributed by atoms with van der Waals surface area (Å²) in [5.41, 5.74) is 2.55. The number of rotatable bonds is 5. The maximum Gasteiger partial charge on any atom is 0.358 e. The van der Waals surface area contributed by atoms with Crippen LogP contribution in [0.25, 0.3) is 12.2 Å². The lowest BCUT2D eigenvalue weighted by Gasteiger charge is -2.00. The number of allylic oxidation sites excluding steroid dienone is 1. The Hall–Kier alpha value is -2.69. The Morgan fingerprint density at radius 3 is 2.65 bits per heavy atom. The van der Waals surface area contributed by atoms with Crippen LogP contribution in [0.4, 0.5) is 0 Å². The lowest BCUT2D eigenvalue weighted by atomic mass is 10.1.